The molecule has 0 aliphatic carbocycles. The number of nitrogen functional groups attached to an aromatic ring is 1. The lowest BCUT2D eigenvalue weighted by Crippen LogP contribution is -2.39. The SMILES string of the molecule is Cc1ncc(Br)cn1.N#Cc1ncc(Nc2ncc(-c3cccc(F)c3)c(NCCN3CCOCC3)n2)cn1.Nc1ncc(-c2cccc(F)c2)c(NCCN2CCOCC2)n1. The average Bonchev–Trinajstić information content (AvgIpc) is 3.29. The van der Waals surface area contributed by atoms with Gasteiger partial charge in [-0.05, 0) is 58.2 Å². The van der Waals surface area contributed by atoms with E-state index < -0.39 is 0 Å². The van der Waals surface area contributed by atoms with Crippen LogP contribution >= 0.6 is 15.9 Å². The first-order valence-corrected chi connectivity index (χ1v) is 20.5. The summed E-state index contributed by atoms with van der Waals surface area (Å²) in [5.74, 6) is 2.00. The number of halogens is 3. The van der Waals surface area contributed by atoms with Crippen molar-refractivity contribution in [2.45, 2.75) is 6.92 Å². The van der Waals surface area contributed by atoms with E-state index in [0.29, 0.717) is 40.9 Å². The first-order valence-electron chi connectivity index (χ1n) is 19.7. The van der Waals surface area contributed by atoms with E-state index >= 15 is 0 Å². The topological polar surface area (TPSA) is 214 Å². The Bertz CT molecular complexity index is 2340. The molecule has 2 aliphatic rings. The first kappa shape index (κ1) is 45.2. The molecule has 2 aliphatic heterocycles. The molecule has 17 nitrogen and oxygen atoms in total. The Labute approximate surface area is 366 Å². The molecule has 6 heterocycles. The lowest BCUT2D eigenvalue weighted by atomic mass is 10.1. The van der Waals surface area contributed by atoms with Crippen molar-refractivity contribution in [3.8, 4) is 28.3 Å². The zero-order valence-corrected chi connectivity index (χ0v) is 35.6. The van der Waals surface area contributed by atoms with Gasteiger partial charge < -0.3 is 31.2 Å². The Hall–Kier alpha value is -6.37. The summed E-state index contributed by atoms with van der Waals surface area (Å²) in [6.07, 6.45) is 9.69. The van der Waals surface area contributed by atoms with E-state index in [0.717, 1.165) is 93.7 Å². The van der Waals surface area contributed by atoms with Gasteiger partial charge in [0.1, 0.15) is 35.2 Å². The van der Waals surface area contributed by atoms with Crippen molar-refractivity contribution in [1.29, 1.82) is 5.26 Å². The Morgan fingerprint density at radius 1 is 0.710 bits per heavy atom. The van der Waals surface area contributed by atoms with E-state index in [1.54, 1.807) is 36.9 Å². The van der Waals surface area contributed by atoms with Crippen LogP contribution in [0.4, 0.5) is 38.0 Å². The smallest absolute Gasteiger partial charge is 0.232 e. The maximum atomic E-state index is 13.8. The number of ether oxygens (including phenoxy) is 2. The summed E-state index contributed by atoms with van der Waals surface area (Å²) in [5, 5.41) is 18.5. The number of nitrogens with two attached hydrogens (primary N) is 1. The van der Waals surface area contributed by atoms with Crippen LogP contribution in [0.3, 0.4) is 0 Å². The van der Waals surface area contributed by atoms with Gasteiger partial charge >= 0.3 is 0 Å². The molecule has 0 amide bonds. The third-order valence-corrected chi connectivity index (χ3v) is 9.68. The van der Waals surface area contributed by atoms with E-state index in [1.807, 2.05) is 25.1 Å². The minimum absolute atomic E-state index is 0.0818. The molecule has 4 aromatic heterocycles. The first-order chi connectivity index (χ1) is 30.2. The molecule has 0 unspecified atom stereocenters. The Kier molecular flexibility index (Phi) is 17.2. The number of hydrogen-bond donors (Lipinski definition) is 4. The van der Waals surface area contributed by atoms with E-state index in [9.17, 15) is 8.78 Å². The highest BCUT2D eigenvalue weighted by atomic mass is 79.9. The van der Waals surface area contributed by atoms with Crippen LogP contribution in [-0.2, 0) is 9.47 Å². The fourth-order valence-corrected chi connectivity index (χ4v) is 6.32. The lowest BCUT2D eigenvalue weighted by Gasteiger charge is -2.26. The summed E-state index contributed by atoms with van der Waals surface area (Å²) in [7, 11) is 0. The van der Waals surface area contributed by atoms with Gasteiger partial charge in [0.2, 0.25) is 17.7 Å². The van der Waals surface area contributed by atoms with Crippen molar-refractivity contribution in [3.05, 3.63) is 113 Å². The minimum Gasteiger partial charge on any atom is -0.379 e. The van der Waals surface area contributed by atoms with E-state index in [1.165, 1.54) is 36.7 Å². The zero-order chi connectivity index (χ0) is 43.5. The predicted molar refractivity (Wildman–Crippen MR) is 235 cm³/mol. The van der Waals surface area contributed by atoms with Crippen molar-refractivity contribution in [1.82, 2.24) is 49.7 Å². The number of benzene rings is 2. The number of aromatic nitrogens is 8. The molecule has 0 atom stereocenters. The maximum absolute atomic E-state index is 13.8. The average molecular weight is 911 g/mol. The van der Waals surface area contributed by atoms with Gasteiger partial charge in [0, 0.05) is 88.3 Å². The fraction of sp³-hybridized carbons (Fsp3) is 0.310. The number of rotatable bonds is 12. The number of aryl methyl sites for hydroxylation is 1. The van der Waals surface area contributed by atoms with Gasteiger partial charge in [-0.25, -0.2) is 38.7 Å². The summed E-state index contributed by atoms with van der Waals surface area (Å²) in [4.78, 5) is 37.5. The number of hydrogen-bond acceptors (Lipinski definition) is 17. The molecule has 0 saturated carbocycles. The van der Waals surface area contributed by atoms with Crippen molar-refractivity contribution in [3.63, 3.8) is 0 Å². The summed E-state index contributed by atoms with van der Waals surface area (Å²) < 4.78 is 38.9. The van der Waals surface area contributed by atoms with Crippen LogP contribution < -0.4 is 21.7 Å². The van der Waals surface area contributed by atoms with Gasteiger partial charge in [-0.15, -0.1) is 0 Å². The van der Waals surface area contributed by atoms with Crippen LogP contribution in [0.5, 0.6) is 0 Å². The predicted octanol–water partition coefficient (Wildman–Crippen LogP) is 5.59. The molecule has 8 rings (SSSR count). The van der Waals surface area contributed by atoms with E-state index in [4.69, 9.17) is 20.5 Å². The van der Waals surface area contributed by atoms with Crippen molar-refractivity contribution < 1.29 is 18.3 Å². The standard InChI is InChI=1S/C21H21FN8O.C16H20FN5O.C5H5BrN2/c22-16-3-1-2-15(10-16)18-14-27-21(28-17-12-25-19(11-23)26-13-17)29-20(18)24-4-5-30-6-8-31-9-7-30;17-13-3-1-2-12(10-13)14-11-20-16(18)21-15(14)19-4-5-22-6-8-23-9-7-22;1-4-7-2-5(6)3-8-4/h1-3,10,12-14H,4-9H2,(H2,24,27,28,29);1-3,10-11H,4-9H2,(H3,18,19,20,21);2-3H,1H3. The Morgan fingerprint density at radius 3 is 1.73 bits per heavy atom. The summed E-state index contributed by atoms with van der Waals surface area (Å²) in [5.41, 5.74) is 9.08. The minimum atomic E-state index is -0.325. The van der Waals surface area contributed by atoms with Crippen molar-refractivity contribution in [2.24, 2.45) is 0 Å². The second-order valence-electron chi connectivity index (χ2n) is 13.7. The van der Waals surface area contributed by atoms with E-state index in [-0.39, 0.29) is 23.4 Å². The van der Waals surface area contributed by atoms with Crippen LogP contribution in [0, 0.1) is 29.9 Å². The van der Waals surface area contributed by atoms with Gasteiger partial charge in [0.15, 0.2) is 0 Å². The normalized spacial score (nSPS) is 14.0. The molecule has 62 heavy (non-hydrogen) atoms. The molecule has 0 bridgehead atoms. The number of nitrogens with zero attached hydrogens (tertiary/aromatic N) is 11. The van der Waals surface area contributed by atoms with Gasteiger partial charge in [-0.3, -0.25) is 9.80 Å². The largest absolute Gasteiger partial charge is 0.379 e. The third kappa shape index (κ3) is 14.4. The van der Waals surface area contributed by atoms with Gasteiger partial charge in [0.25, 0.3) is 0 Å². The van der Waals surface area contributed by atoms with Crippen LogP contribution in [0.1, 0.15) is 11.6 Å². The molecule has 6 aromatic rings. The Morgan fingerprint density at radius 2 is 1.23 bits per heavy atom. The molecule has 20 heteroatoms. The molecule has 2 aromatic carbocycles. The maximum Gasteiger partial charge on any atom is 0.232 e. The lowest BCUT2D eigenvalue weighted by molar-refractivity contribution is 0.0398. The highest BCUT2D eigenvalue weighted by molar-refractivity contribution is 9.10. The molecule has 0 radical (unpaired) electrons. The quantitative estimate of drug-likeness (QED) is 0.118. The molecular weight excluding hydrogens is 864 g/mol. The monoisotopic (exact) mass is 909 g/mol. The van der Waals surface area contributed by atoms with Crippen LogP contribution in [-0.4, -0.2) is 128 Å². The summed E-state index contributed by atoms with van der Waals surface area (Å²) in [6, 6.07) is 14.6. The number of nitrogens with one attached hydrogen (secondary N) is 3. The molecule has 0 spiro atoms. The van der Waals surface area contributed by atoms with Gasteiger partial charge in [0.05, 0.1) is 49.0 Å². The number of morpholine rings is 2. The summed E-state index contributed by atoms with van der Waals surface area (Å²) in [6.45, 7) is 11.6. The van der Waals surface area contributed by atoms with Crippen LogP contribution in [0.25, 0.3) is 22.3 Å². The molecule has 2 saturated heterocycles. The third-order valence-electron chi connectivity index (χ3n) is 9.27. The number of anilines is 5. The molecule has 322 valence electrons. The molecular formula is C42H46BrF2N15O2. The van der Waals surface area contributed by atoms with Gasteiger partial charge in [-0.1, -0.05) is 24.3 Å². The van der Waals surface area contributed by atoms with E-state index in [2.05, 4.69) is 81.6 Å². The van der Waals surface area contributed by atoms with Crippen molar-refractivity contribution in [2.75, 3.05) is 100 Å². The molecule has 5 N–H and O–H groups in total. The second-order valence-corrected chi connectivity index (χ2v) is 14.6. The molecule has 2 fully saturated rings. The second kappa shape index (κ2) is 23.6. The summed E-state index contributed by atoms with van der Waals surface area (Å²) >= 11 is 3.22. The van der Waals surface area contributed by atoms with Crippen molar-refractivity contribution >= 4 is 45.1 Å². The Balaban J connectivity index is 0.000000181. The van der Waals surface area contributed by atoms with Crippen LogP contribution in [0.2, 0.25) is 0 Å². The highest BCUT2D eigenvalue weighted by Gasteiger charge is 2.15. The highest BCUT2D eigenvalue weighted by Crippen LogP contribution is 2.29. The van der Waals surface area contributed by atoms with Gasteiger partial charge in [-0.2, -0.15) is 15.2 Å². The van der Waals surface area contributed by atoms with Crippen LogP contribution in [0.15, 0.2) is 90.2 Å². The fourth-order valence-electron chi connectivity index (χ4n) is 6.11. The number of nitriles is 1. The zero-order valence-electron chi connectivity index (χ0n) is 34.0.